The monoisotopic (exact) mass is 249 g/mol. The van der Waals surface area contributed by atoms with Crippen LogP contribution in [0.2, 0.25) is 0 Å². The van der Waals surface area contributed by atoms with Crippen molar-refractivity contribution in [3.63, 3.8) is 0 Å². The van der Waals surface area contributed by atoms with E-state index in [-0.39, 0.29) is 0 Å². The molecule has 0 atom stereocenters. The van der Waals surface area contributed by atoms with E-state index >= 15 is 0 Å². The SMILES string of the molecule is CCc1cc(CC(C)(C)C)cc(C=S)c1NC. The number of benzene rings is 1. The van der Waals surface area contributed by atoms with E-state index in [1.807, 2.05) is 7.05 Å². The van der Waals surface area contributed by atoms with Gasteiger partial charge in [0.25, 0.3) is 0 Å². The molecule has 0 unspecified atom stereocenters. The Morgan fingerprint density at radius 3 is 2.35 bits per heavy atom. The molecule has 0 aliphatic carbocycles. The summed E-state index contributed by atoms with van der Waals surface area (Å²) < 4.78 is 0. The molecule has 0 fully saturated rings. The van der Waals surface area contributed by atoms with E-state index in [2.05, 4.69) is 45.1 Å². The fourth-order valence-electron chi connectivity index (χ4n) is 2.19. The van der Waals surface area contributed by atoms with E-state index in [4.69, 9.17) is 12.2 Å². The van der Waals surface area contributed by atoms with Gasteiger partial charge < -0.3 is 5.32 Å². The van der Waals surface area contributed by atoms with Crippen molar-refractivity contribution in [1.29, 1.82) is 0 Å². The highest BCUT2D eigenvalue weighted by molar-refractivity contribution is 7.79. The third kappa shape index (κ3) is 3.81. The summed E-state index contributed by atoms with van der Waals surface area (Å²) in [6.07, 6.45) is 2.12. The molecule has 0 radical (unpaired) electrons. The molecule has 0 spiro atoms. The van der Waals surface area contributed by atoms with Crippen LogP contribution in [0.3, 0.4) is 0 Å². The summed E-state index contributed by atoms with van der Waals surface area (Å²) >= 11 is 5.12. The highest BCUT2D eigenvalue weighted by atomic mass is 32.1. The first-order valence-corrected chi connectivity index (χ1v) is 6.67. The van der Waals surface area contributed by atoms with Crippen molar-refractivity contribution in [2.45, 2.75) is 40.5 Å². The Kier molecular flexibility index (Phi) is 4.70. The maximum absolute atomic E-state index is 5.12. The van der Waals surface area contributed by atoms with Gasteiger partial charge >= 0.3 is 0 Å². The summed E-state index contributed by atoms with van der Waals surface area (Å²) in [5.41, 5.74) is 5.36. The van der Waals surface area contributed by atoms with Crippen LogP contribution >= 0.6 is 12.2 Å². The van der Waals surface area contributed by atoms with Crippen LogP contribution in [-0.2, 0) is 12.8 Å². The minimum Gasteiger partial charge on any atom is -0.387 e. The normalized spacial score (nSPS) is 11.4. The Morgan fingerprint density at radius 2 is 1.94 bits per heavy atom. The first-order valence-electron chi connectivity index (χ1n) is 6.20. The summed E-state index contributed by atoms with van der Waals surface area (Å²) in [7, 11) is 1.96. The van der Waals surface area contributed by atoms with Gasteiger partial charge in [-0.3, -0.25) is 0 Å². The van der Waals surface area contributed by atoms with Crippen LogP contribution in [-0.4, -0.2) is 12.4 Å². The summed E-state index contributed by atoms with van der Waals surface area (Å²) in [5.74, 6) is 0. The first-order chi connectivity index (χ1) is 7.91. The molecule has 0 bridgehead atoms. The zero-order valence-corrected chi connectivity index (χ0v) is 12.4. The van der Waals surface area contributed by atoms with Gasteiger partial charge in [0.15, 0.2) is 0 Å². The number of hydrogen-bond acceptors (Lipinski definition) is 2. The topological polar surface area (TPSA) is 12.0 Å². The molecule has 1 nitrogen and oxygen atoms in total. The third-order valence-corrected chi connectivity index (χ3v) is 3.06. The summed E-state index contributed by atoms with van der Waals surface area (Å²) in [6.45, 7) is 8.98. The lowest BCUT2D eigenvalue weighted by atomic mass is 9.86. The number of nitrogens with one attached hydrogen (secondary N) is 1. The lowest BCUT2D eigenvalue weighted by molar-refractivity contribution is 0.411. The predicted octanol–water partition coefficient (Wildman–Crippen LogP) is 4.23. The molecule has 0 saturated heterocycles. The molecule has 0 aromatic heterocycles. The molecule has 0 saturated carbocycles. The maximum atomic E-state index is 5.12. The third-order valence-electron chi connectivity index (χ3n) is 2.80. The highest BCUT2D eigenvalue weighted by Crippen LogP contribution is 2.27. The molecule has 0 amide bonds. The Hall–Kier alpha value is -0.890. The molecule has 0 aliphatic heterocycles. The largest absolute Gasteiger partial charge is 0.387 e. The maximum Gasteiger partial charge on any atom is 0.0452 e. The van der Waals surface area contributed by atoms with Crippen LogP contribution in [0.4, 0.5) is 5.69 Å². The van der Waals surface area contributed by atoms with E-state index in [1.54, 1.807) is 5.37 Å². The van der Waals surface area contributed by atoms with Gasteiger partial charge in [-0.15, -0.1) is 0 Å². The molecule has 1 aromatic carbocycles. The Labute approximate surface area is 111 Å². The minimum absolute atomic E-state index is 0.310. The molecule has 0 heterocycles. The van der Waals surface area contributed by atoms with Gasteiger partial charge in [-0.2, -0.15) is 0 Å². The summed E-state index contributed by atoms with van der Waals surface area (Å²) in [5, 5.41) is 5.03. The molecule has 0 aliphatic rings. The number of aryl methyl sites for hydroxylation is 1. The van der Waals surface area contributed by atoms with E-state index in [0.29, 0.717) is 5.41 Å². The van der Waals surface area contributed by atoms with Crippen molar-refractivity contribution in [3.8, 4) is 0 Å². The van der Waals surface area contributed by atoms with Crippen molar-refractivity contribution < 1.29 is 0 Å². The van der Waals surface area contributed by atoms with E-state index in [1.165, 1.54) is 16.8 Å². The molecule has 1 N–H and O–H groups in total. The quantitative estimate of drug-likeness (QED) is 0.802. The first kappa shape index (κ1) is 14.2. The second-order valence-electron chi connectivity index (χ2n) is 5.68. The van der Waals surface area contributed by atoms with Gasteiger partial charge in [-0.05, 0) is 35.4 Å². The van der Waals surface area contributed by atoms with Crippen molar-refractivity contribution in [2.75, 3.05) is 12.4 Å². The summed E-state index contributed by atoms with van der Waals surface area (Å²) in [4.78, 5) is 0. The predicted molar refractivity (Wildman–Crippen MR) is 81.3 cm³/mol. The second-order valence-corrected chi connectivity index (χ2v) is 5.91. The van der Waals surface area contributed by atoms with E-state index in [9.17, 15) is 0 Å². The van der Waals surface area contributed by atoms with Gasteiger partial charge in [0.1, 0.15) is 0 Å². The number of anilines is 1. The van der Waals surface area contributed by atoms with Crippen LogP contribution in [0.5, 0.6) is 0 Å². The Balaban J connectivity index is 3.22. The lowest BCUT2D eigenvalue weighted by Gasteiger charge is -2.20. The fourth-order valence-corrected chi connectivity index (χ4v) is 2.37. The lowest BCUT2D eigenvalue weighted by Crippen LogP contribution is -2.10. The molecular formula is C15H23NS. The second kappa shape index (κ2) is 5.63. The van der Waals surface area contributed by atoms with Gasteiger partial charge in [0.05, 0.1) is 0 Å². The van der Waals surface area contributed by atoms with Gasteiger partial charge in [0, 0.05) is 23.7 Å². The van der Waals surface area contributed by atoms with E-state index < -0.39 is 0 Å². The van der Waals surface area contributed by atoms with Gasteiger partial charge in [-0.25, -0.2) is 0 Å². The Bertz CT molecular complexity index is 402. The van der Waals surface area contributed by atoms with E-state index in [0.717, 1.165) is 18.4 Å². The molecule has 1 rings (SSSR count). The van der Waals surface area contributed by atoms with Crippen LogP contribution in [0.15, 0.2) is 12.1 Å². The standard InChI is InChI=1S/C15H23NS/c1-6-12-7-11(9-15(2,3)4)8-13(10-17)14(12)16-5/h7-8,10,16H,6,9H2,1-5H3. The zero-order valence-electron chi connectivity index (χ0n) is 11.6. The van der Waals surface area contributed by atoms with Crippen molar-refractivity contribution in [2.24, 2.45) is 5.41 Å². The average Bonchev–Trinajstić information content (AvgIpc) is 2.25. The van der Waals surface area contributed by atoms with Crippen molar-refractivity contribution >= 4 is 23.3 Å². The van der Waals surface area contributed by atoms with Crippen molar-refractivity contribution in [3.05, 3.63) is 28.8 Å². The van der Waals surface area contributed by atoms with Crippen molar-refractivity contribution in [1.82, 2.24) is 0 Å². The molecule has 2 heteroatoms. The Morgan fingerprint density at radius 1 is 1.29 bits per heavy atom. The number of thiocarbonyl (C=S) groups is 1. The minimum atomic E-state index is 0.310. The van der Waals surface area contributed by atoms with Gasteiger partial charge in [0.2, 0.25) is 0 Å². The van der Waals surface area contributed by atoms with Crippen LogP contribution in [0.1, 0.15) is 44.4 Å². The number of rotatable bonds is 4. The molecular weight excluding hydrogens is 226 g/mol. The van der Waals surface area contributed by atoms with Crippen LogP contribution in [0.25, 0.3) is 0 Å². The zero-order chi connectivity index (χ0) is 13.1. The fraction of sp³-hybridized carbons (Fsp3) is 0.533. The summed E-state index contributed by atoms with van der Waals surface area (Å²) in [6, 6.07) is 4.52. The van der Waals surface area contributed by atoms with Gasteiger partial charge in [-0.1, -0.05) is 46.0 Å². The molecule has 17 heavy (non-hydrogen) atoms. The smallest absolute Gasteiger partial charge is 0.0452 e. The highest BCUT2D eigenvalue weighted by Gasteiger charge is 2.14. The van der Waals surface area contributed by atoms with Crippen LogP contribution in [0, 0.1) is 5.41 Å². The molecule has 94 valence electrons. The number of hydrogen-bond donors (Lipinski definition) is 1. The molecule has 1 aromatic rings. The average molecular weight is 249 g/mol. The van der Waals surface area contributed by atoms with Crippen LogP contribution < -0.4 is 5.32 Å².